The smallest absolute Gasteiger partial charge is 0.227 e. The fourth-order valence-electron chi connectivity index (χ4n) is 3.45. The average molecular weight is 384 g/mol. The SMILES string of the molecule is COc1ccc(CC(=O)N2Cc3ccccc3OC(CN(C)C)C2)cc1OC. The highest BCUT2D eigenvalue weighted by molar-refractivity contribution is 5.79. The Kier molecular flexibility index (Phi) is 6.41. The van der Waals surface area contributed by atoms with E-state index in [9.17, 15) is 4.79 Å². The van der Waals surface area contributed by atoms with Gasteiger partial charge in [0.15, 0.2) is 11.5 Å². The van der Waals surface area contributed by atoms with Crippen LogP contribution >= 0.6 is 0 Å². The zero-order chi connectivity index (χ0) is 20.1. The summed E-state index contributed by atoms with van der Waals surface area (Å²) in [7, 11) is 7.21. The molecule has 0 aromatic heterocycles. The van der Waals surface area contributed by atoms with Gasteiger partial charge in [-0.15, -0.1) is 0 Å². The molecule has 6 heteroatoms. The van der Waals surface area contributed by atoms with Gasteiger partial charge in [0.2, 0.25) is 5.91 Å². The number of carbonyl (C=O) groups excluding carboxylic acids is 1. The van der Waals surface area contributed by atoms with Crippen molar-refractivity contribution in [3.05, 3.63) is 53.6 Å². The van der Waals surface area contributed by atoms with Gasteiger partial charge in [-0.2, -0.15) is 0 Å². The molecule has 6 nitrogen and oxygen atoms in total. The first-order chi connectivity index (χ1) is 13.5. The van der Waals surface area contributed by atoms with Crippen molar-refractivity contribution in [3.63, 3.8) is 0 Å². The quantitative estimate of drug-likeness (QED) is 0.766. The summed E-state index contributed by atoms with van der Waals surface area (Å²) in [5, 5.41) is 0. The van der Waals surface area contributed by atoms with E-state index in [1.54, 1.807) is 14.2 Å². The molecule has 1 amide bonds. The second kappa shape index (κ2) is 8.97. The number of hydrogen-bond acceptors (Lipinski definition) is 5. The lowest BCUT2D eigenvalue weighted by Crippen LogP contribution is -2.42. The average Bonchev–Trinajstić information content (AvgIpc) is 2.86. The minimum Gasteiger partial charge on any atom is -0.493 e. The third kappa shape index (κ3) is 4.75. The molecule has 3 rings (SSSR count). The molecule has 0 fully saturated rings. The molecule has 0 saturated heterocycles. The molecule has 0 spiro atoms. The van der Waals surface area contributed by atoms with Crippen LogP contribution in [0.15, 0.2) is 42.5 Å². The van der Waals surface area contributed by atoms with Crippen molar-refractivity contribution in [3.8, 4) is 17.2 Å². The van der Waals surface area contributed by atoms with Crippen molar-refractivity contribution in [2.75, 3.05) is 41.4 Å². The van der Waals surface area contributed by atoms with Crippen LogP contribution in [0.1, 0.15) is 11.1 Å². The van der Waals surface area contributed by atoms with Crippen LogP contribution in [-0.4, -0.2) is 63.2 Å². The number of methoxy groups -OCH3 is 2. The van der Waals surface area contributed by atoms with Crippen LogP contribution in [0.5, 0.6) is 17.2 Å². The summed E-state index contributed by atoms with van der Waals surface area (Å²) >= 11 is 0. The number of fused-ring (bicyclic) bond motifs is 1. The highest BCUT2D eigenvalue weighted by atomic mass is 16.5. The maximum atomic E-state index is 13.1. The Morgan fingerprint density at radius 3 is 2.61 bits per heavy atom. The molecule has 1 atom stereocenters. The number of carbonyl (C=O) groups is 1. The van der Waals surface area contributed by atoms with Gasteiger partial charge in [-0.05, 0) is 37.9 Å². The van der Waals surface area contributed by atoms with Gasteiger partial charge in [0.25, 0.3) is 0 Å². The molecule has 0 N–H and O–H groups in total. The zero-order valence-electron chi connectivity index (χ0n) is 17.0. The van der Waals surface area contributed by atoms with E-state index in [-0.39, 0.29) is 12.0 Å². The molecule has 150 valence electrons. The first kappa shape index (κ1) is 20.0. The minimum absolute atomic E-state index is 0.0660. The summed E-state index contributed by atoms with van der Waals surface area (Å²) in [6.07, 6.45) is 0.227. The Morgan fingerprint density at radius 2 is 1.89 bits per heavy atom. The predicted octanol–water partition coefficient (Wildman–Crippen LogP) is 2.60. The molecule has 0 radical (unpaired) electrons. The molecule has 1 heterocycles. The van der Waals surface area contributed by atoms with Gasteiger partial charge in [-0.25, -0.2) is 0 Å². The highest BCUT2D eigenvalue weighted by Crippen LogP contribution is 2.29. The Labute approximate surface area is 166 Å². The third-order valence-corrected chi connectivity index (χ3v) is 4.78. The highest BCUT2D eigenvalue weighted by Gasteiger charge is 2.26. The molecule has 1 aliphatic rings. The maximum Gasteiger partial charge on any atom is 0.227 e. The van der Waals surface area contributed by atoms with Gasteiger partial charge < -0.3 is 24.0 Å². The van der Waals surface area contributed by atoms with Crippen molar-refractivity contribution in [1.29, 1.82) is 0 Å². The van der Waals surface area contributed by atoms with Gasteiger partial charge in [0.1, 0.15) is 11.9 Å². The van der Waals surface area contributed by atoms with E-state index in [0.29, 0.717) is 31.0 Å². The largest absolute Gasteiger partial charge is 0.493 e. The van der Waals surface area contributed by atoms with E-state index in [1.807, 2.05) is 61.5 Å². The van der Waals surface area contributed by atoms with E-state index in [2.05, 4.69) is 4.90 Å². The lowest BCUT2D eigenvalue weighted by atomic mass is 10.1. The van der Waals surface area contributed by atoms with Gasteiger partial charge in [-0.1, -0.05) is 24.3 Å². The molecule has 0 saturated carbocycles. The van der Waals surface area contributed by atoms with E-state index in [0.717, 1.165) is 23.4 Å². The van der Waals surface area contributed by atoms with Crippen LogP contribution in [0.2, 0.25) is 0 Å². The number of hydrogen-bond donors (Lipinski definition) is 0. The van der Waals surface area contributed by atoms with Crippen molar-refractivity contribution < 1.29 is 19.0 Å². The summed E-state index contributed by atoms with van der Waals surface area (Å²) in [4.78, 5) is 17.1. The third-order valence-electron chi connectivity index (χ3n) is 4.78. The fourth-order valence-corrected chi connectivity index (χ4v) is 3.45. The molecular weight excluding hydrogens is 356 g/mol. The number of benzene rings is 2. The van der Waals surface area contributed by atoms with Gasteiger partial charge in [0.05, 0.1) is 27.2 Å². The number of nitrogens with zero attached hydrogens (tertiary/aromatic N) is 2. The molecule has 1 unspecified atom stereocenters. The number of rotatable bonds is 6. The molecule has 2 aromatic carbocycles. The van der Waals surface area contributed by atoms with E-state index < -0.39 is 0 Å². The normalized spacial score (nSPS) is 16.2. The second-order valence-corrected chi connectivity index (χ2v) is 7.25. The molecule has 0 bridgehead atoms. The maximum absolute atomic E-state index is 13.1. The topological polar surface area (TPSA) is 51.2 Å². The monoisotopic (exact) mass is 384 g/mol. The Balaban J connectivity index is 1.79. The minimum atomic E-state index is -0.0759. The number of likely N-dealkylation sites (N-methyl/N-ethyl adjacent to an activating group) is 1. The molecule has 28 heavy (non-hydrogen) atoms. The summed E-state index contributed by atoms with van der Waals surface area (Å²) in [6, 6.07) is 13.5. The van der Waals surface area contributed by atoms with Gasteiger partial charge in [0, 0.05) is 18.7 Å². The van der Waals surface area contributed by atoms with Crippen molar-refractivity contribution >= 4 is 5.91 Å². The first-order valence-electron chi connectivity index (χ1n) is 9.38. The van der Waals surface area contributed by atoms with E-state index >= 15 is 0 Å². The summed E-state index contributed by atoms with van der Waals surface area (Å²) < 4.78 is 16.8. The van der Waals surface area contributed by atoms with Crippen molar-refractivity contribution in [1.82, 2.24) is 9.80 Å². The number of amides is 1. The summed E-state index contributed by atoms with van der Waals surface area (Å²) in [6.45, 7) is 1.85. The van der Waals surface area contributed by atoms with Crippen LogP contribution in [0.3, 0.4) is 0 Å². The van der Waals surface area contributed by atoms with Crippen molar-refractivity contribution in [2.24, 2.45) is 0 Å². The zero-order valence-corrected chi connectivity index (χ0v) is 17.0. The predicted molar refractivity (Wildman–Crippen MR) is 108 cm³/mol. The standard InChI is InChI=1S/C22H28N2O4/c1-23(2)14-18-15-24(13-17-7-5-6-8-19(17)28-18)22(25)12-16-9-10-20(26-3)21(11-16)27-4/h5-11,18H,12-15H2,1-4H3. The second-order valence-electron chi connectivity index (χ2n) is 7.25. The lowest BCUT2D eigenvalue weighted by Gasteiger charge is -2.26. The Morgan fingerprint density at radius 1 is 1.14 bits per heavy atom. The number of para-hydroxylation sites is 1. The van der Waals surface area contributed by atoms with Crippen molar-refractivity contribution in [2.45, 2.75) is 19.1 Å². The van der Waals surface area contributed by atoms with Crippen LogP contribution in [0, 0.1) is 0 Å². The first-order valence-corrected chi connectivity index (χ1v) is 9.38. The van der Waals surface area contributed by atoms with Crippen LogP contribution in [-0.2, 0) is 17.8 Å². The van der Waals surface area contributed by atoms with Gasteiger partial charge >= 0.3 is 0 Å². The molecular formula is C22H28N2O4. The van der Waals surface area contributed by atoms with Crippen LogP contribution in [0.4, 0.5) is 0 Å². The number of ether oxygens (including phenoxy) is 3. The van der Waals surface area contributed by atoms with Crippen LogP contribution in [0.25, 0.3) is 0 Å². The Hall–Kier alpha value is -2.73. The van der Waals surface area contributed by atoms with Gasteiger partial charge in [-0.3, -0.25) is 4.79 Å². The van der Waals surface area contributed by atoms with E-state index in [4.69, 9.17) is 14.2 Å². The van der Waals surface area contributed by atoms with Crippen LogP contribution < -0.4 is 14.2 Å². The molecule has 1 aliphatic heterocycles. The fraction of sp³-hybridized carbons (Fsp3) is 0.409. The lowest BCUT2D eigenvalue weighted by molar-refractivity contribution is -0.132. The molecule has 2 aromatic rings. The molecule has 0 aliphatic carbocycles. The summed E-state index contributed by atoms with van der Waals surface area (Å²) in [5.41, 5.74) is 1.93. The summed E-state index contributed by atoms with van der Waals surface area (Å²) in [5.74, 6) is 2.21. The van der Waals surface area contributed by atoms with E-state index in [1.165, 1.54) is 0 Å². The Bertz CT molecular complexity index is 822.